The average molecular weight is 273 g/mol. The fourth-order valence-electron chi connectivity index (χ4n) is 3.00. The Morgan fingerprint density at radius 2 is 2.15 bits per heavy atom. The summed E-state index contributed by atoms with van der Waals surface area (Å²) in [6, 6.07) is 5.57. The van der Waals surface area contributed by atoms with E-state index in [2.05, 4.69) is 24.1 Å². The molecule has 0 radical (unpaired) electrons. The van der Waals surface area contributed by atoms with Gasteiger partial charge in [-0.15, -0.1) is 0 Å². The van der Waals surface area contributed by atoms with Crippen LogP contribution in [-0.4, -0.2) is 16.9 Å². The Kier molecular flexibility index (Phi) is 4.84. The number of carbonyl (C=O) groups excluding carboxylic acids is 1. The first-order valence-corrected chi connectivity index (χ1v) is 7.50. The number of nitriles is 1. The van der Waals surface area contributed by atoms with Gasteiger partial charge in [-0.1, -0.05) is 26.7 Å². The lowest BCUT2D eigenvalue weighted by atomic mass is 9.89. The highest BCUT2D eigenvalue weighted by Gasteiger charge is 2.22. The van der Waals surface area contributed by atoms with Crippen molar-refractivity contribution in [3.05, 3.63) is 23.5 Å². The molecule has 20 heavy (non-hydrogen) atoms. The topological polar surface area (TPSA) is 68.7 Å². The average Bonchev–Trinajstić information content (AvgIpc) is 2.79. The quantitative estimate of drug-likeness (QED) is 0.830. The Morgan fingerprint density at radius 3 is 2.80 bits per heavy atom. The Morgan fingerprint density at radius 1 is 1.35 bits per heavy atom. The summed E-state index contributed by atoms with van der Waals surface area (Å²) in [6.45, 7) is 4.57. The zero-order chi connectivity index (χ0) is 14.5. The van der Waals surface area contributed by atoms with Crippen molar-refractivity contribution in [2.24, 2.45) is 11.8 Å². The largest absolute Gasteiger partial charge is 0.348 e. The zero-order valence-corrected chi connectivity index (χ0v) is 12.3. The molecular formula is C16H23N3O. The second-order valence-corrected chi connectivity index (χ2v) is 6.08. The Labute approximate surface area is 120 Å². The van der Waals surface area contributed by atoms with E-state index in [1.165, 1.54) is 19.3 Å². The van der Waals surface area contributed by atoms with Gasteiger partial charge in [0.15, 0.2) is 0 Å². The Bertz CT molecular complexity index is 498. The van der Waals surface area contributed by atoms with Gasteiger partial charge in [0.25, 0.3) is 5.91 Å². The van der Waals surface area contributed by atoms with Crippen molar-refractivity contribution in [3.63, 3.8) is 0 Å². The van der Waals surface area contributed by atoms with Gasteiger partial charge < -0.3 is 10.3 Å². The van der Waals surface area contributed by atoms with E-state index in [1.54, 1.807) is 12.1 Å². The van der Waals surface area contributed by atoms with Gasteiger partial charge in [0.05, 0.1) is 0 Å². The number of aromatic amines is 1. The number of carbonyl (C=O) groups is 1. The van der Waals surface area contributed by atoms with Gasteiger partial charge in [-0.3, -0.25) is 4.79 Å². The summed E-state index contributed by atoms with van der Waals surface area (Å²) in [5, 5.41) is 11.9. The molecule has 2 unspecified atom stereocenters. The highest BCUT2D eigenvalue weighted by molar-refractivity contribution is 5.92. The van der Waals surface area contributed by atoms with Crippen LogP contribution < -0.4 is 5.32 Å². The van der Waals surface area contributed by atoms with E-state index in [1.807, 2.05) is 6.07 Å². The Balaban J connectivity index is 1.90. The number of aromatic nitrogens is 1. The first-order valence-electron chi connectivity index (χ1n) is 7.50. The van der Waals surface area contributed by atoms with Crippen molar-refractivity contribution in [1.82, 2.24) is 10.3 Å². The minimum Gasteiger partial charge on any atom is -0.348 e. The standard InChI is InChI=1S/C16H23N3O/c1-11(2)12-4-3-5-13(7-6-12)19-16(20)15-9-8-14(10-17)18-15/h8-9,11-13,18H,3-7H2,1-2H3,(H,19,20). The molecular weight excluding hydrogens is 250 g/mol. The Hall–Kier alpha value is -1.76. The highest BCUT2D eigenvalue weighted by atomic mass is 16.1. The second kappa shape index (κ2) is 6.60. The van der Waals surface area contributed by atoms with Gasteiger partial charge >= 0.3 is 0 Å². The molecule has 4 heteroatoms. The molecule has 2 N–H and O–H groups in total. The van der Waals surface area contributed by atoms with Crippen LogP contribution in [0.5, 0.6) is 0 Å². The van der Waals surface area contributed by atoms with E-state index in [9.17, 15) is 4.79 Å². The number of amides is 1. The van der Waals surface area contributed by atoms with Gasteiger partial charge in [0.1, 0.15) is 17.5 Å². The van der Waals surface area contributed by atoms with Crippen molar-refractivity contribution in [1.29, 1.82) is 5.26 Å². The van der Waals surface area contributed by atoms with Crippen LogP contribution >= 0.6 is 0 Å². The van der Waals surface area contributed by atoms with E-state index < -0.39 is 0 Å². The molecule has 1 aromatic heterocycles. The SMILES string of the molecule is CC(C)C1CCCC(NC(=O)c2ccc(C#N)[nH]2)CC1. The molecule has 1 amide bonds. The molecule has 2 atom stereocenters. The maximum absolute atomic E-state index is 12.1. The molecule has 4 nitrogen and oxygen atoms in total. The van der Waals surface area contributed by atoms with Crippen LogP contribution in [0.15, 0.2) is 12.1 Å². The lowest BCUT2D eigenvalue weighted by molar-refractivity contribution is 0.0928. The summed E-state index contributed by atoms with van der Waals surface area (Å²) in [7, 11) is 0. The molecule has 0 aromatic carbocycles. The molecule has 1 fully saturated rings. The fraction of sp³-hybridized carbons (Fsp3) is 0.625. The third-order valence-corrected chi connectivity index (χ3v) is 4.34. The zero-order valence-electron chi connectivity index (χ0n) is 12.3. The normalized spacial score (nSPS) is 23.1. The van der Waals surface area contributed by atoms with Gasteiger partial charge in [-0.25, -0.2) is 0 Å². The fourth-order valence-corrected chi connectivity index (χ4v) is 3.00. The summed E-state index contributed by atoms with van der Waals surface area (Å²) in [5.41, 5.74) is 0.905. The van der Waals surface area contributed by atoms with Crippen LogP contribution in [0.1, 0.15) is 62.1 Å². The van der Waals surface area contributed by atoms with Crippen molar-refractivity contribution >= 4 is 5.91 Å². The van der Waals surface area contributed by atoms with Crippen LogP contribution in [0.3, 0.4) is 0 Å². The molecule has 108 valence electrons. The summed E-state index contributed by atoms with van der Waals surface area (Å²) in [4.78, 5) is 14.9. The highest BCUT2D eigenvalue weighted by Crippen LogP contribution is 2.28. The summed E-state index contributed by atoms with van der Waals surface area (Å²) >= 11 is 0. The molecule has 1 heterocycles. The van der Waals surface area contributed by atoms with E-state index in [-0.39, 0.29) is 11.9 Å². The molecule has 0 aliphatic heterocycles. The number of hydrogen-bond acceptors (Lipinski definition) is 2. The van der Waals surface area contributed by atoms with E-state index in [4.69, 9.17) is 5.26 Å². The number of H-pyrrole nitrogens is 1. The van der Waals surface area contributed by atoms with Crippen LogP contribution in [0.25, 0.3) is 0 Å². The number of hydrogen-bond donors (Lipinski definition) is 2. The summed E-state index contributed by atoms with van der Waals surface area (Å²) in [5.74, 6) is 1.41. The molecule has 1 saturated carbocycles. The monoisotopic (exact) mass is 273 g/mol. The molecule has 0 saturated heterocycles. The lowest BCUT2D eigenvalue weighted by Crippen LogP contribution is -2.34. The lowest BCUT2D eigenvalue weighted by Gasteiger charge is -2.19. The van der Waals surface area contributed by atoms with E-state index >= 15 is 0 Å². The first-order chi connectivity index (χ1) is 9.60. The van der Waals surface area contributed by atoms with E-state index in [0.717, 1.165) is 24.7 Å². The molecule has 1 aliphatic rings. The second-order valence-electron chi connectivity index (χ2n) is 6.08. The van der Waals surface area contributed by atoms with Crippen LogP contribution in [0.2, 0.25) is 0 Å². The molecule has 0 spiro atoms. The van der Waals surface area contributed by atoms with Crippen LogP contribution in [0.4, 0.5) is 0 Å². The molecule has 0 bridgehead atoms. The van der Waals surface area contributed by atoms with Gasteiger partial charge in [0.2, 0.25) is 0 Å². The van der Waals surface area contributed by atoms with E-state index in [0.29, 0.717) is 11.4 Å². The smallest absolute Gasteiger partial charge is 0.267 e. The minimum absolute atomic E-state index is 0.0977. The summed E-state index contributed by atoms with van der Waals surface area (Å²) in [6.07, 6.45) is 5.76. The number of nitrogens with one attached hydrogen (secondary N) is 2. The maximum Gasteiger partial charge on any atom is 0.267 e. The number of nitrogens with zero attached hydrogens (tertiary/aromatic N) is 1. The van der Waals surface area contributed by atoms with Gasteiger partial charge in [0, 0.05) is 6.04 Å². The third-order valence-electron chi connectivity index (χ3n) is 4.34. The van der Waals surface area contributed by atoms with Crippen LogP contribution in [0, 0.1) is 23.2 Å². The van der Waals surface area contributed by atoms with Gasteiger partial charge in [-0.05, 0) is 43.2 Å². The molecule has 1 aromatic rings. The van der Waals surface area contributed by atoms with Crippen LogP contribution in [-0.2, 0) is 0 Å². The minimum atomic E-state index is -0.0977. The third kappa shape index (κ3) is 3.63. The summed E-state index contributed by atoms with van der Waals surface area (Å²) < 4.78 is 0. The van der Waals surface area contributed by atoms with Crippen molar-refractivity contribution in [2.75, 3.05) is 0 Å². The molecule has 1 aliphatic carbocycles. The predicted octanol–water partition coefficient (Wildman–Crippen LogP) is 3.22. The number of rotatable bonds is 3. The van der Waals surface area contributed by atoms with Gasteiger partial charge in [-0.2, -0.15) is 5.26 Å². The molecule has 2 rings (SSSR count). The first kappa shape index (κ1) is 14.6. The van der Waals surface area contributed by atoms with Crippen molar-refractivity contribution < 1.29 is 4.79 Å². The predicted molar refractivity (Wildman–Crippen MR) is 78.2 cm³/mol. The van der Waals surface area contributed by atoms with Crippen molar-refractivity contribution in [3.8, 4) is 6.07 Å². The maximum atomic E-state index is 12.1. The van der Waals surface area contributed by atoms with Crippen molar-refractivity contribution in [2.45, 2.75) is 52.0 Å².